The number of esters is 1. The van der Waals surface area contributed by atoms with E-state index < -0.39 is 5.97 Å². The number of fused-ring (bicyclic) bond motifs is 1. The second kappa shape index (κ2) is 10.9. The smallest absolute Gasteiger partial charge is 0.339 e. The predicted molar refractivity (Wildman–Crippen MR) is 133 cm³/mol. The van der Waals surface area contributed by atoms with Gasteiger partial charge < -0.3 is 14.6 Å². The van der Waals surface area contributed by atoms with Crippen molar-refractivity contribution in [3.05, 3.63) is 69.8 Å². The number of nitrogens with one attached hydrogen (secondary N) is 1. The minimum atomic E-state index is -0.524. The highest BCUT2D eigenvalue weighted by atomic mass is 32.2. The van der Waals surface area contributed by atoms with Crippen LogP contribution >= 0.6 is 11.8 Å². The molecule has 0 bridgehead atoms. The highest BCUT2D eigenvalue weighted by molar-refractivity contribution is 8.00. The summed E-state index contributed by atoms with van der Waals surface area (Å²) in [5, 5.41) is 0.500. The molecule has 34 heavy (non-hydrogen) atoms. The fourth-order valence-corrected chi connectivity index (χ4v) is 5.27. The number of rotatable bonds is 7. The average Bonchev–Trinajstić information content (AvgIpc) is 2.86. The van der Waals surface area contributed by atoms with Crippen molar-refractivity contribution >= 4 is 34.5 Å². The van der Waals surface area contributed by atoms with Crippen LogP contribution in [0.1, 0.15) is 53.8 Å². The Bertz CT molecular complexity index is 1250. The lowest BCUT2D eigenvalue weighted by Crippen LogP contribution is -2.39. The third kappa shape index (κ3) is 5.50. The standard InChI is InChI=1S/C26H29N3O4S/c1-17-9-8-13-20-24(17)27-22(28-25(20)31)15-33-26(32)19-12-6-7-14-21(19)34-16-23(30)29(2)18-10-4-3-5-11-18/h6-9,12-14,18H,3-5,10-11,15-16H2,1-2H3,(H,27,28,31). The SMILES string of the molecule is Cc1cccc2c(=O)[nH]c(COC(=O)c3ccccc3SCC(=O)N(C)C3CCCCC3)nc12. The van der Waals surface area contributed by atoms with E-state index >= 15 is 0 Å². The predicted octanol–water partition coefficient (Wildman–Crippen LogP) is 4.47. The number of benzene rings is 2. The monoisotopic (exact) mass is 479 g/mol. The zero-order valence-electron chi connectivity index (χ0n) is 19.5. The lowest BCUT2D eigenvalue weighted by atomic mass is 9.94. The van der Waals surface area contributed by atoms with Crippen LogP contribution in [0.5, 0.6) is 0 Å². The molecule has 2 aromatic carbocycles. The van der Waals surface area contributed by atoms with Crippen molar-refractivity contribution in [2.75, 3.05) is 12.8 Å². The highest BCUT2D eigenvalue weighted by Gasteiger charge is 2.23. The van der Waals surface area contributed by atoms with Crippen molar-refractivity contribution < 1.29 is 14.3 Å². The molecule has 1 fully saturated rings. The lowest BCUT2D eigenvalue weighted by molar-refractivity contribution is -0.129. The van der Waals surface area contributed by atoms with Crippen molar-refractivity contribution in [3.63, 3.8) is 0 Å². The number of aromatic amines is 1. The molecule has 0 spiro atoms. The van der Waals surface area contributed by atoms with E-state index in [2.05, 4.69) is 9.97 Å². The average molecular weight is 480 g/mol. The van der Waals surface area contributed by atoms with Gasteiger partial charge in [-0.2, -0.15) is 0 Å². The van der Waals surface area contributed by atoms with Crippen LogP contribution in [-0.2, 0) is 16.1 Å². The van der Waals surface area contributed by atoms with Crippen LogP contribution in [-0.4, -0.2) is 45.6 Å². The van der Waals surface area contributed by atoms with Crippen LogP contribution in [0.3, 0.4) is 0 Å². The number of carbonyl (C=O) groups excluding carboxylic acids is 2. The molecule has 1 heterocycles. The fourth-order valence-electron chi connectivity index (χ4n) is 4.31. The number of hydrogen-bond donors (Lipinski definition) is 1. The van der Waals surface area contributed by atoms with Crippen LogP contribution in [0, 0.1) is 6.92 Å². The molecule has 1 aromatic heterocycles. The van der Waals surface area contributed by atoms with Crippen molar-refractivity contribution in [3.8, 4) is 0 Å². The van der Waals surface area contributed by atoms with Gasteiger partial charge in [-0.15, -0.1) is 11.8 Å². The van der Waals surface area contributed by atoms with Gasteiger partial charge in [0.25, 0.3) is 5.56 Å². The van der Waals surface area contributed by atoms with E-state index in [9.17, 15) is 14.4 Å². The highest BCUT2D eigenvalue weighted by Crippen LogP contribution is 2.26. The van der Waals surface area contributed by atoms with Crippen LogP contribution in [0.25, 0.3) is 10.9 Å². The molecular weight excluding hydrogens is 450 g/mol. The maximum absolute atomic E-state index is 12.8. The first kappa shape index (κ1) is 24.0. The van der Waals surface area contributed by atoms with Crippen molar-refractivity contribution in [2.24, 2.45) is 0 Å². The maximum Gasteiger partial charge on any atom is 0.339 e. The summed E-state index contributed by atoms with van der Waals surface area (Å²) in [4.78, 5) is 47.6. The number of aromatic nitrogens is 2. The molecule has 1 amide bonds. The summed E-state index contributed by atoms with van der Waals surface area (Å²) in [6.07, 6.45) is 5.69. The Morgan fingerprint density at radius 2 is 1.88 bits per heavy atom. The summed E-state index contributed by atoms with van der Waals surface area (Å²) in [6, 6.07) is 12.8. The van der Waals surface area contributed by atoms with Gasteiger partial charge in [0.15, 0.2) is 0 Å². The molecule has 0 atom stereocenters. The lowest BCUT2D eigenvalue weighted by Gasteiger charge is -2.31. The minimum Gasteiger partial charge on any atom is -0.454 e. The first-order valence-electron chi connectivity index (χ1n) is 11.6. The van der Waals surface area contributed by atoms with E-state index in [4.69, 9.17) is 4.74 Å². The number of hydrogen-bond acceptors (Lipinski definition) is 6. The Morgan fingerprint density at radius 3 is 2.68 bits per heavy atom. The zero-order valence-corrected chi connectivity index (χ0v) is 20.3. The molecular formula is C26H29N3O4S. The van der Waals surface area contributed by atoms with Crippen molar-refractivity contribution in [1.82, 2.24) is 14.9 Å². The quantitative estimate of drug-likeness (QED) is 0.397. The third-order valence-electron chi connectivity index (χ3n) is 6.30. The van der Waals surface area contributed by atoms with Gasteiger partial charge in [0, 0.05) is 18.0 Å². The molecule has 7 nitrogen and oxygen atoms in total. The Morgan fingerprint density at radius 1 is 1.12 bits per heavy atom. The minimum absolute atomic E-state index is 0.0633. The Labute approximate surface area is 202 Å². The van der Waals surface area contributed by atoms with E-state index in [-0.39, 0.29) is 29.7 Å². The third-order valence-corrected chi connectivity index (χ3v) is 7.36. The van der Waals surface area contributed by atoms with Gasteiger partial charge in [-0.05, 0) is 43.5 Å². The second-order valence-electron chi connectivity index (χ2n) is 8.64. The van der Waals surface area contributed by atoms with E-state index in [0.717, 1.165) is 18.4 Å². The Balaban J connectivity index is 1.41. The molecule has 178 valence electrons. The molecule has 1 aliphatic rings. The van der Waals surface area contributed by atoms with E-state index in [1.807, 2.05) is 37.1 Å². The molecule has 0 unspecified atom stereocenters. The molecule has 8 heteroatoms. The first-order valence-corrected chi connectivity index (χ1v) is 12.6. The summed E-state index contributed by atoms with van der Waals surface area (Å²) in [5.74, 6) is 0.0857. The molecule has 4 rings (SSSR count). The summed E-state index contributed by atoms with van der Waals surface area (Å²) < 4.78 is 5.47. The van der Waals surface area contributed by atoms with E-state index in [1.165, 1.54) is 31.0 Å². The number of ether oxygens (including phenoxy) is 1. The van der Waals surface area contributed by atoms with Gasteiger partial charge in [0.2, 0.25) is 5.91 Å². The van der Waals surface area contributed by atoms with Gasteiger partial charge >= 0.3 is 5.97 Å². The van der Waals surface area contributed by atoms with Crippen LogP contribution in [0.4, 0.5) is 0 Å². The maximum atomic E-state index is 12.8. The molecule has 0 radical (unpaired) electrons. The van der Waals surface area contributed by atoms with Crippen LogP contribution in [0.15, 0.2) is 52.2 Å². The van der Waals surface area contributed by atoms with Crippen molar-refractivity contribution in [1.29, 1.82) is 0 Å². The van der Waals surface area contributed by atoms with Gasteiger partial charge in [-0.1, -0.05) is 43.5 Å². The zero-order chi connectivity index (χ0) is 24.1. The fraction of sp³-hybridized carbons (Fsp3) is 0.385. The van der Waals surface area contributed by atoms with Gasteiger partial charge in [-0.25, -0.2) is 9.78 Å². The van der Waals surface area contributed by atoms with Gasteiger partial charge in [0.05, 0.1) is 22.2 Å². The van der Waals surface area contributed by atoms with Crippen molar-refractivity contribution in [2.45, 2.75) is 56.6 Å². The molecule has 3 aromatic rings. The number of para-hydroxylation sites is 1. The number of aryl methyl sites for hydroxylation is 1. The summed E-state index contributed by atoms with van der Waals surface area (Å²) in [6.45, 7) is 1.73. The molecule has 1 aliphatic carbocycles. The summed E-state index contributed by atoms with van der Waals surface area (Å²) >= 11 is 1.34. The van der Waals surface area contributed by atoms with E-state index in [0.29, 0.717) is 27.4 Å². The summed E-state index contributed by atoms with van der Waals surface area (Å²) in [5.41, 5.74) is 1.59. The molecule has 1 N–H and O–H groups in total. The second-order valence-corrected chi connectivity index (χ2v) is 9.66. The molecule has 0 saturated heterocycles. The van der Waals surface area contributed by atoms with Gasteiger partial charge in [-0.3, -0.25) is 9.59 Å². The number of carbonyl (C=O) groups is 2. The number of thioether (sulfide) groups is 1. The summed E-state index contributed by atoms with van der Waals surface area (Å²) in [7, 11) is 1.87. The molecule has 1 saturated carbocycles. The van der Waals surface area contributed by atoms with Gasteiger partial charge in [0.1, 0.15) is 12.4 Å². The van der Waals surface area contributed by atoms with Crippen LogP contribution < -0.4 is 5.56 Å². The van der Waals surface area contributed by atoms with Crippen LogP contribution in [0.2, 0.25) is 0 Å². The number of nitrogens with zero attached hydrogens (tertiary/aromatic N) is 2. The number of amides is 1. The van der Waals surface area contributed by atoms with E-state index in [1.54, 1.807) is 24.3 Å². The normalized spacial score (nSPS) is 14.2. The Hall–Kier alpha value is -3.13. The largest absolute Gasteiger partial charge is 0.454 e. The molecule has 0 aliphatic heterocycles. The first-order chi connectivity index (χ1) is 16.4. The topological polar surface area (TPSA) is 92.4 Å². The number of H-pyrrole nitrogens is 1. The Kier molecular flexibility index (Phi) is 7.67.